The summed E-state index contributed by atoms with van der Waals surface area (Å²) < 4.78 is 5.50. The molecule has 7 nitrogen and oxygen atoms in total. The summed E-state index contributed by atoms with van der Waals surface area (Å²) in [7, 11) is 0. The second-order valence-electron chi connectivity index (χ2n) is 8.46. The van der Waals surface area contributed by atoms with Crippen molar-refractivity contribution in [2.24, 2.45) is 11.8 Å². The number of esters is 1. The molecule has 34 heavy (non-hydrogen) atoms. The molecule has 2 aliphatic rings. The normalized spacial score (nSPS) is 25.9. The van der Waals surface area contributed by atoms with Crippen LogP contribution in [0.25, 0.3) is 0 Å². The predicted octanol–water partition coefficient (Wildman–Crippen LogP) is 3.30. The van der Waals surface area contributed by atoms with Gasteiger partial charge in [0.05, 0.1) is 24.1 Å². The molecule has 2 heterocycles. The average molecular weight is 456 g/mol. The van der Waals surface area contributed by atoms with Crippen LogP contribution in [0.3, 0.4) is 0 Å². The van der Waals surface area contributed by atoms with E-state index >= 15 is 0 Å². The summed E-state index contributed by atoms with van der Waals surface area (Å²) in [6.07, 6.45) is 0. The van der Waals surface area contributed by atoms with Gasteiger partial charge in [-0.3, -0.25) is 14.9 Å². The van der Waals surface area contributed by atoms with E-state index in [4.69, 9.17) is 4.74 Å². The lowest BCUT2D eigenvalue weighted by Gasteiger charge is -2.33. The van der Waals surface area contributed by atoms with Crippen molar-refractivity contribution in [2.75, 3.05) is 11.5 Å². The number of para-hydroxylation sites is 1. The fraction of sp³-hybridized carbons (Fsp3) is 0.222. The van der Waals surface area contributed by atoms with Crippen LogP contribution in [0.5, 0.6) is 5.75 Å². The van der Waals surface area contributed by atoms with E-state index in [-0.39, 0.29) is 18.3 Å². The maximum atomic E-state index is 13.9. The number of benzene rings is 3. The third-order valence-electron chi connectivity index (χ3n) is 6.65. The molecule has 172 valence electrons. The van der Waals surface area contributed by atoms with E-state index in [9.17, 15) is 19.5 Å². The zero-order valence-corrected chi connectivity index (χ0v) is 18.5. The van der Waals surface area contributed by atoms with Crippen molar-refractivity contribution >= 4 is 23.5 Å². The number of ether oxygens (including phenoxy) is 1. The first-order chi connectivity index (χ1) is 16.5. The Bertz CT molecular complexity index is 1230. The summed E-state index contributed by atoms with van der Waals surface area (Å²) in [4.78, 5) is 42.6. The Morgan fingerprint density at radius 2 is 1.56 bits per heavy atom. The molecule has 2 amide bonds. The molecule has 5 rings (SSSR count). The lowest BCUT2D eigenvalue weighted by molar-refractivity contribution is -0.155. The molecule has 7 heteroatoms. The fourth-order valence-electron chi connectivity index (χ4n) is 5.22. The predicted molar refractivity (Wildman–Crippen MR) is 125 cm³/mol. The molecule has 0 spiro atoms. The molecular formula is C27H24N2O5. The summed E-state index contributed by atoms with van der Waals surface area (Å²) in [5, 5.41) is 13.1. The first kappa shape index (κ1) is 21.9. The highest BCUT2D eigenvalue weighted by atomic mass is 16.5. The van der Waals surface area contributed by atoms with Gasteiger partial charge in [0, 0.05) is 6.04 Å². The van der Waals surface area contributed by atoms with Gasteiger partial charge < -0.3 is 9.84 Å². The molecule has 3 aromatic carbocycles. The summed E-state index contributed by atoms with van der Waals surface area (Å²) in [6.45, 7) is 1.83. The molecule has 0 saturated carbocycles. The lowest BCUT2D eigenvalue weighted by atomic mass is 9.75. The molecule has 0 unspecified atom stereocenters. The van der Waals surface area contributed by atoms with Gasteiger partial charge in [-0.25, -0.2) is 9.69 Å². The van der Waals surface area contributed by atoms with Crippen LogP contribution < -0.4 is 10.2 Å². The lowest BCUT2D eigenvalue weighted by Crippen LogP contribution is -2.54. The number of fused-ring (bicyclic) bond motifs is 1. The standard InChI is InChI=1S/C27H24N2O5/c1-2-34-26(33)27(18-9-5-3-6-10-18)22-21(23(28-27)17-13-15-20(30)16-14-17)24(31)29(25(22)32)19-11-7-4-8-12-19/h3-16,21-23,28,30H,2H2,1H3/t21-,22-,23-,27+/m0/s1. The Morgan fingerprint density at radius 3 is 2.18 bits per heavy atom. The number of hydrogen-bond acceptors (Lipinski definition) is 6. The molecule has 0 bridgehead atoms. The first-order valence-electron chi connectivity index (χ1n) is 11.2. The van der Waals surface area contributed by atoms with E-state index in [0.29, 0.717) is 16.8 Å². The second kappa shape index (κ2) is 8.43. The SMILES string of the molecule is CCOC(=O)[C@]1(c2ccccc2)N[C@@H](c2ccc(O)cc2)[C@H]2C(=O)N(c3ccccc3)C(=O)[C@H]21. The molecule has 3 aromatic rings. The molecular weight excluding hydrogens is 432 g/mol. The van der Waals surface area contributed by atoms with Crippen LogP contribution in [-0.2, 0) is 24.7 Å². The molecule has 2 fully saturated rings. The van der Waals surface area contributed by atoms with Crippen molar-refractivity contribution in [1.82, 2.24) is 5.32 Å². The molecule has 2 aliphatic heterocycles. The molecule has 2 saturated heterocycles. The van der Waals surface area contributed by atoms with E-state index in [0.717, 1.165) is 0 Å². The summed E-state index contributed by atoms with van der Waals surface area (Å²) in [5.74, 6) is -3.21. The number of nitrogens with zero attached hydrogens (tertiary/aromatic N) is 1. The van der Waals surface area contributed by atoms with Crippen LogP contribution >= 0.6 is 0 Å². The third kappa shape index (κ3) is 3.20. The van der Waals surface area contributed by atoms with E-state index < -0.39 is 35.3 Å². The summed E-state index contributed by atoms with van der Waals surface area (Å²) in [5.41, 5.74) is 0.148. The smallest absolute Gasteiger partial charge is 0.331 e. The van der Waals surface area contributed by atoms with Gasteiger partial charge >= 0.3 is 5.97 Å². The van der Waals surface area contributed by atoms with Crippen LogP contribution in [0, 0.1) is 11.8 Å². The Morgan fingerprint density at radius 1 is 0.941 bits per heavy atom. The highest BCUT2D eigenvalue weighted by Crippen LogP contribution is 2.54. The number of hydrogen-bond donors (Lipinski definition) is 2. The number of nitrogens with one attached hydrogen (secondary N) is 1. The quantitative estimate of drug-likeness (QED) is 0.452. The van der Waals surface area contributed by atoms with Gasteiger partial charge in [0.1, 0.15) is 5.75 Å². The number of anilines is 1. The summed E-state index contributed by atoms with van der Waals surface area (Å²) in [6, 6.07) is 23.4. The number of amides is 2. The number of carbonyl (C=O) groups excluding carboxylic acids is 3. The number of rotatable bonds is 5. The van der Waals surface area contributed by atoms with E-state index in [1.54, 1.807) is 67.6 Å². The zero-order valence-electron chi connectivity index (χ0n) is 18.5. The Balaban J connectivity index is 1.72. The van der Waals surface area contributed by atoms with Gasteiger partial charge in [0.25, 0.3) is 0 Å². The maximum absolute atomic E-state index is 13.9. The Hall–Kier alpha value is -3.97. The van der Waals surface area contributed by atoms with E-state index in [1.165, 1.54) is 17.0 Å². The molecule has 0 radical (unpaired) electrons. The van der Waals surface area contributed by atoms with Crippen molar-refractivity contribution in [3.8, 4) is 5.75 Å². The monoisotopic (exact) mass is 456 g/mol. The third-order valence-corrected chi connectivity index (χ3v) is 6.65. The average Bonchev–Trinajstić information content (AvgIpc) is 3.35. The molecule has 0 aliphatic carbocycles. The highest BCUT2D eigenvalue weighted by Gasteiger charge is 2.69. The number of carbonyl (C=O) groups is 3. The fourth-order valence-corrected chi connectivity index (χ4v) is 5.22. The van der Waals surface area contributed by atoms with Crippen LogP contribution in [-0.4, -0.2) is 29.5 Å². The molecule has 2 N–H and O–H groups in total. The maximum Gasteiger partial charge on any atom is 0.331 e. The van der Waals surface area contributed by atoms with Crippen LogP contribution in [0.15, 0.2) is 84.9 Å². The Kier molecular flexibility index (Phi) is 5.42. The van der Waals surface area contributed by atoms with Crippen molar-refractivity contribution in [3.63, 3.8) is 0 Å². The minimum atomic E-state index is -1.55. The first-order valence-corrected chi connectivity index (χ1v) is 11.2. The zero-order chi connectivity index (χ0) is 23.9. The number of phenolic OH excluding ortho intramolecular Hbond substituents is 1. The second-order valence-corrected chi connectivity index (χ2v) is 8.46. The van der Waals surface area contributed by atoms with E-state index in [1.807, 2.05) is 12.1 Å². The van der Waals surface area contributed by atoms with E-state index in [2.05, 4.69) is 5.32 Å². The Labute approximate surface area is 197 Å². The highest BCUT2D eigenvalue weighted by molar-refractivity contribution is 6.24. The van der Waals surface area contributed by atoms with Crippen molar-refractivity contribution in [3.05, 3.63) is 96.1 Å². The van der Waals surface area contributed by atoms with Gasteiger partial charge in [-0.1, -0.05) is 60.7 Å². The van der Waals surface area contributed by atoms with Crippen molar-refractivity contribution in [1.29, 1.82) is 0 Å². The van der Waals surface area contributed by atoms with Gasteiger partial charge in [-0.05, 0) is 42.3 Å². The minimum Gasteiger partial charge on any atom is -0.508 e. The van der Waals surface area contributed by atoms with Gasteiger partial charge in [0.15, 0.2) is 5.54 Å². The van der Waals surface area contributed by atoms with Gasteiger partial charge in [-0.15, -0.1) is 0 Å². The number of aromatic hydroxyl groups is 1. The largest absolute Gasteiger partial charge is 0.508 e. The topological polar surface area (TPSA) is 95.9 Å². The number of phenols is 1. The summed E-state index contributed by atoms with van der Waals surface area (Å²) >= 11 is 0. The molecule has 0 aromatic heterocycles. The van der Waals surface area contributed by atoms with Crippen LogP contribution in [0.4, 0.5) is 5.69 Å². The van der Waals surface area contributed by atoms with Crippen LogP contribution in [0.2, 0.25) is 0 Å². The van der Waals surface area contributed by atoms with Crippen molar-refractivity contribution < 1.29 is 24.2 Å². The minimum absolute atomic E-state index is 0.0812. The van der Waals surface area contributed by atoms with Gasteiger partial charge in [0.2, 0.25) is 11.8 Å². The number of imide groups is 1. The molecule has 4 atom stereocenters. The van der Waals surface area contributed by atoms with Gasteiger partial charge in [-0.2, -0.15) is 0 Å². The van der Waals surface area contributed by atoms with Crippen molar-refractivity contribution in [2.45, 2.75) is 18.5 Å². The van der Waals surface area contributed by atoms with Crippen LogP contribution in [0.1, 0.15) is 24.1 Å².